The molecule has 0 heterocycles. The number of nitrogens with two attached hydrogens (primary N) is 1. The van der Waals surface area contributed by atoms with Crippen molar-refractivity contribution in [3.63, 3.8) is 0 Å². The number of hydrogen-bond donors (Lipinski definition) is 3. The lowest BCUT2D eigenvalue weighted by Gasteiger charge is -2.30. The van der Waals surface area contributed by atoms with E-state index in [0.717, 1.165) is 21.9 Å². The summed E-state index contributed by atoms with van der Waals surface area (Å²) in [6.07, 6.45) is 3.95. The van der Waals surface area contributed by atoms with Crippen LogP contribution in [0.4, 0.5) is 4.79 Å². The fourth-order valence-corrected chi connectivity index (χ4v) is 4.11. The van der Waals surface area contributed by atoms with E-state index < -0.39 is 23.5 Å². The first-order chi connectivity index (χ1) is 18.6. The Morgan fingerprint density at radius 2 is 1.62 bits per heavy atom. The maximum Gasteiger partial charge on any atom is 0.336 e. The highest BCUT2D eigenvalue weighted by molar-refractivity contribution is 5.93. The van der Waals surface area contributed by atoms with Crippen LogP contribution in [-0.2, 0) is 22.6 Å². The van der Waals surface area contributed by atoms with Crippen molar-refractivity contribution in [2.24, 2.45) is 5.73 Å². The smallest absolute Gasteiger partial charge is 0.336 e. The van der Waals surface area contributed by atoms with E-state index in [2.05, 4.69) is 10.7 Å². The Hall–Kier alpha value is -4.17. The molecule has 3 rings (SSSR count). The Morgan fingerprint density at radius 1 is 0.949 bits per heavy atom. The molecular weight excluding hydrogens is 490 g/mol. The van der Waals surface area contributed by atoms with Gasteiger partial charge in [-0.25, -0.2) is 9.80 Å². The molecule has 0 aromatic heterocycles. The van der Waals surface area contributed by atoms with Gasteiger partial charge >= 0.3 is 6.03 Å². The van der Waals surface area contributed by atoms with Gasteiger partial charge in [0.25, 0.3) is 5.91 Å². The lowest BCUT2D eigenvalue weighted by atomic mass is 10.00. The van der Waals surface area contributed by atoms with Crippen LogP contribution in [0.2, 0.25) is 0 Å². The minimum Gasteiger partial charge on any atom is -0.337 e. The summed E-state index contributed by atoms with van der Waals surface area (Å²) in [5, 5.41) is 6.12. The van der Waals surface area contributed by atoms with Crippen LogP contribution in [0.25, 0.3) is 10.8 Å². The number of hydrogen-bond acceptors (Lipinski definition) is 4. The molecule has 0 spiro atoms. The average Bonchev–Trinajstić information content (AvgIpc) is 2.90. The summed E-state index contributed by atoms with van der Waals surface area (Å²) in [5.74, 6) is -0.790. The van der Waals surface area contributed by atoms with Gasteiger partial charge in [0.05, 0.1) is 6.54 Å². The fraction of sp³-hybridized carbons (Fsp3) is 0.323. The third kappa shape index (κ3) is 8.97. The second-order valence-corrected chi connectivity index (χ2v) is 10.3. The van der Waals surface area contributed by atoms with E-state index in [0.29, 0.717) is 13.0 Å². The van der Waals surface area contributed by atoms with Crippen molar-refractivity contribution in [2.45, 2.75) is 51.7 Å². The van der Waals surface area contributed by atoms with Gasteiger partial charge in [-0.15, -0.1) is 0 Å². The Balaban J connectivity index is 1.88. The van der Waals surface area contributed by atoms with E-state index in [1.165, 1.54) is 16.0 Å². The van der Waals surface area contributed by atoms with E-state index in [4.69, 9.17) is 5.73 Å². The molecule has 0 fully saturated rings. The van der Waals surface area contributed by atoms with Crippen LogP contribution in [0.1, 0.15) is 38.3 Å². The second kappa shape index (κ2) is 13.6. The van der Waals surface area contributed by atoms with Crippen LogP contribution < -0.4 is 16.5 Å². The molecule has 3 aromatic rings. The van der Waals surface area contributed by atoms with Crippen LogP contribution in [0.15, 0.2) is 84.9 Å². The van der Waals surface area contributed by atoms with Crippen molar-refractivity contribution in [1.29, 1.82) is 0 Å². The largest absolute Gasteiger partial charge is 0.337 e. The minimum atomic E-state index is -0.873. The van der Waals surface area contributed by atoms with Crippen molar-refractivity contribution >= 4 is 28.6 Å². The molecule has 0 aliphatic carbocycles. The number of hydrazine groups is 1. The molecule has 4 N–H and O–H groups in total. The van der Waals surface area contributed by atoms with Gasteiger partial charge in [0, 0.05) is 25.6 Å². The van der Waals surface area contributed by atoms with Crippen molar-refractivity contribution in [3.8, 4) is 0 Å². The van der Waals surface area contributed by atoms with Gasteiger partial charge in [-0.05, 0) is 55.2 Å². The van der Waals surface area contributed by atoms with Crippen molar-refractivity contribution in [2.75, 3.05) is 13.6 Å². The number of likely N-dealkylation sites (N-methyl/N-ethyl adjacent to an activating group) is 1. The molecule has 0 radical (unpaired) electrons. The normalized spacial score (nSPS) is 12.2. The zero-order chi connectivity index (χ0) is 28.4. The van der Waals surface area contributed by atoms with Crippen molar-refractivity contribution < 1.29 is 14.4 Å². The number of fused-ring (bicyclic) bond motifs is 1. The first-order valence-corrected chi connectivity index (χ1v) is 13.2. The van der Waals surface area contributed by atoms with Gasteiger partial charge < -0.3 is 16.0 Å². The summed E-state index contributed by atoms with van der Waals surface area (Å²) < 4.78 is 0. The Morgan fingerprint density at radius 3 is 2.28 bits per heavy atom. The van der Waals surface area contributed by atoms with Crippen LogP contribution in [0, 0.1) is 0 Å². The predicted molar refractivity (Wildman–Crippen MR) is 155 cm³/mol. The van der Waals surface area contributed by atoms with Gasteiger partial charge in [-0.3, -0.25) is 15.0 Å². The number of rotatable bonds is 10. The first-order valence-electron chi connectivity index (χ1n) is 13.2. The van der Waals surface area contributed by atoms with Crippen LogP contribution in [-0.4, -0.2) is 52.9 Å². The number of benzene rings is 3. The maximum atomic E-state index is 13.7. The highest BCUT2D eigenvalue weighted by atomic mass is 16.2. The molecule has 0 aliphatic heterocycles. The van der Waals surface area contributed by atoms with Crippen molar-refractivity contribution in [3.05, 3.63) is 96.1 Å². The molecule has 1 atom stereocenters. The Bertz CT molecular complexity index is 1300. The number of carbonyl (C=O) groups excluding carboxylic acids is 3. The number of nitrogens with zero attached hydrogens (tertiary/aromatic N) is 2. The van der Waals surface area contributed by atoms with Crippen LogP contribution in [0.3, 0.4) is 0 Å². The molecule has 206 valence electrons. The minimum absolute atomic E-state index is 0.171. The van der Waals surface area contributed by atoms with Gasteiger partial charge in [-0.1, -0.05) is 78.9 Å². The van der Waals surface area contributed by atoms with Gasteiger partial charge in [-0.2, -0.15) is 0 Å². The van der Waals surface area contributed by atoms with Crippen LogP contribution in [0.5, 0.6) is 0 Å². The molecule has 0 saturated carbocycles. The second-order valence-electron chi connectivity index (χ2n) is 10.3. The van der Waals surface area contributed by atoms with E-state index in [1.54, 1.807) is 13.1 Å². The van der Waals surface area contributed by atoms with E-state index in [-0.39, 0.29) is 18.9 Å². The third-order valence-electron chi connectivity index (χ3n) is 6.27. The highest BCUT2D eigenvalue weighted by Gasteiger charge is 2.29. The lowest BCUT2D eigenvalue weighted by Crippen LogP contribution is -2.56. The number of urea groups is 1. The fourth-order valence-electron chi connectivity index (χ4n) is 4.11. The standard InChI is InChI=1S/C31H39N5O3/c1-5-33-30(39)36(22-23-12-7-6-8-13-23)34-29(38)27(35(4)28(37)16-11-19-31(2,3)32)21-24-17-18-25-14-9-10-15-26(25)20-24/h6-18,20,27H,5,19,21-22,32H2,1-4H3,(H,33,39)(H,34,38)/b16-11+/t27-/m1/s1. The summed E-state index contributed by atoms with van der Waals surface area (Å²) in [5.41, 5.74) is 10.1. The van der Waals surface area contributed by atoms with E-state index >= 15 is 0 Å². The highest BCUT2D eigenvalue weighted by Crippen LogP contribution is 2.18. The van der Waals surface area contributed by atoms with Gasteiger partial charge in [0.15, 0.2) is 0 Å². The Kier molecular flexibility index (Phi) is 10.2. The van der Waals surface area contributed by atoms with Gasteiger partial charge in [0.2, 0.25) is 5.91 Å². The van der Waals surface area contributed by atoms with Gasteiger partial charge in [0.1, 0.15) is 6.04 Å². The number of nitrogens with one attached hydrogen (secondary N) is 2. The summed E-state index contributed by atoms with van der Waals surface area (Å²) in [6, 6.07) is 22.0. The predicted octanol–water partition coefficient (Wildman–Crippen LogP) is 4.16. The van der Waals surface area contributed by atoms with E-state index in [9.17, 15) is 14.4 Å². The zero-order valence-corrected chi connectivity index (χ0v) is 23.2. The molecule has 0 aliphatic rings. The maximum absolute atomic E-state index is 13.7. The molecule has 0 bridgehead atoms. The molecule has 3 aromatic carbocycles. The molecule has 8 nitrogen and oxygen atoms in total. The molecule has 4 amide bonds. The van der Waals surface area contributed by atoms with Crippen LogP contribution >= 0.6 is 0 Å². The lowest BCUT2D eigenvalue weighted by molar-refractivity contribution is -0.138. The molecular formula is C31H39N5O3. The SMILES string of the molecule is CCNC(=O)N(Cc1ccccc1)NC(=O)[C@@H](Cc1ccc2ccccc2c1)N(C)C(=O)/C=C/CC(C)(C)N. The summed E-state index contributed by atoms with van der Waals surface area (Å²) in [4.78, 5) is 41.1. The topological polar surface area (TPSA) is 108 Å². The number of carbonyl (C=O) groups is 3. The molecule has 8 heteroatoms. The molecule has 0 unspecified atom stereocenters. The molecule has 0 saturated heterocycles. The summed E-state index contributed by atoms with van der Waals surface area (Å²) in [7, 11) is 1.60. The summed E-state index contributed by atoms with van der Waals surface area (Å²) in [6.45, 7) is 6.14. The Labute approximate surface area is 230 Å². The average molecular weight is 530 g/mol. The monoisotopic (exact) mass is 529 g/mol. The quantitative estimate of drug-likeness (QED) is 0.271. The third-order valence-corrected chi connectivity index (χ3v) is 6.27. The molecule has 39 heavy (non-hydrogen) atoms. The summed E-state index contributed by atoms with van der Waals surface area (Å²) >= 11 is 0. The first kappa shape index (κ1) is 29.4. The van der Waals surface area contributed by atoms with Crippen molar-refractivity contribution in [1.82, 2.24) is 20.7 Å². The van der Waals surface area contributed by atoms with E-state index in [1.807, 2.05) is 93.6 Å². The number of amides is 4. The zero-order valence-electron chi connectivity index (χ0n) is 23.2.